The van der Waals surface area contributed by atoms with Crippen LogP contribution in [0.4, 0.5) is 0 Å². The quantitative estimate of drug-likeness (QED) is 0.783. The molecule has 2 unspecified atom stereocenters. The van der Waals surface area contributed by atoms with E-state index in [0.29, 0.717) is 0 Å². The Morgan fingerprint density at radius 1 is 1.17 bits per heavy atom. The number of ether oxygens (including phenoxy) is 1. The normalized spacial score (nSPS) is 14.6. The molecule has 2 N–H and O–H groups in total. The maximum atomic E-state index is 10.2. The standard InChI is InChI=1S/C15H25NO2/c1-5-10-16-12(4)15(17)13-6-8-14(9-7-13)18-11(2)3/h6-9,11-12,15-17H,5,10H2,1-4H3. The summed E-state index contributed by atoms with van der Waals surface area (Å²) in [6.07, 6.45) is 0.758. The van der Waals surface area contributed by atoms with Crippen molar-refractivity contribution >= 4 is 0 Å². The topological polar surface area (TPSA) is 41.5 Å². The van der Waals surface area contributed by atoms with Gasteiger partial charge in [-0.05, 0) is 51.4 Å². The molecule has 1 aromatic rings. The van der Waals surface area contributed by atoms with Crippen molar-refractivity contribution in [2.24, 2.45) is 0 Å². The maximum absolute atomic E-state index is 10.2. The molecule has 0 heterocycles. The largest absolute Gasteiger partial charge is 0.491 e. The molecule has 0 aliphatic heterocycles. The minimum atomic E-state index is -0.482. The van der Waals surface area contributed by atoms with Gasteiger partial charge in [-0.15, -0.1) is 0 Å². The summed E-state index contributed by atoms with van der Waals surface area (Å²) in [5.74, 6) is 0.843. The molecule has 102 valence electrons. The second kappa shape index (κ2) is 7.39. The van der Waals surface area contributed by atoms with Gasteiger partial charge >= 0.3 is 0 Å². The fraction of sp³-hybridized carbons (Fsp3) is 0.600. The van der Waals surface area contributed by atoms with Crippen molar-refractivity contribution in [3.05, 3.63) is 29.8 Å². The monoisotopic (exact) mass is 251 g/mol. The van der Waals surface area contributed by atoms with E-state index in [-0.39, 0.29) is 12.1 Å². The molecule has 0 aliphatic carbocycles. The van der Waals surface area contributed by atoms with E-state index in [1.54, 1.807) is 0 Å². The van der Waals surface area contributed by atoms with Gasteiger partial charge < -0.3 is 15.2 Å². The first-order chi connectivity index (χ1) is 8.54. The van der Waals surface area contributed by atoms with Crippen LogP contribution < -0.4 is 10.1 Å². The van der Waals surface area contributed by atoms with Crippen molar-refractivity contribution in [1.82, 2.24) is 5.32 Å². The first-order valence-corrected chi connectivity index (χ1v) is 6.72. The highest BCUT2D eigenvalue weighted by Gasteiger charge is 2.15. The van der Waals surface area contributed by atoms with Gasteiger partial charge in [0.1, 0.15) is 5.75 Å². The summed E-state index contributed by atoms with van der Waals surface area (Å²) in [5.41, 5.74) is 0.919. The third kappa shape index (κ3) is 4.67. The van der Waals surface area contributed by atoms with Gasteiger partial charge in [-0.2, -0.15) is 0 Å². The minimum absolute atomic E-state index is 0.0572. The van der Waals surface area contributed by atoms with Gasteiger partial charge in [0, 0.05) is 6.04 Å². The molecule has 0 saturated carbocycles. The van der Waals surface area contributed by atoms with Crippen LogP contribution in [-0.2, 0) is 0 Å². The minimum Gasteiger partial charge on any atom is -0.491 e. The van der Waals surface area contributed by atoms with Crippen molar-refractivity contribution in [3.8, 4) is 5.75 Å². The summed E-state index contributed by atoms with van der Waals surface area (Å²) >= 11 is 0. The Kier molecular flexibility index (Phi) is 6.16. The Hall–Kier alpha value is -1.06. The zero-order chi connectivity index (χ0) is 13.5. The molecule has 1 rings (SSSR count). The predicted octanol–water partition coefficient (Wildman–Crippen LogP) is 2.90. The van der Waals surface area contributed by atoms with E-state index in [0.717, 1.165) is 24.3 Å². The van der Waals surface area contributed by atoms with Crippen LogP contribution in [0, 0.1) is 0 Å². The molecule has 0 amide bonds. The molecule has 0 fully saturated rings. The van der Waals surface area contributed by atoms with Gasteiger partial charge in [0.25, 0.3) is 0 Å². The summed E-state index contributed by atoms with van der Waals surface area (Å²) in [5, 5.41) is 13.5. The van der Waals surface area contributed by atoms with Crippen LogP contribution in [0.3, 0.4) is 0 Å². The molecular formula is C15H25NO2. The second-order valence-corrected chi connectivity index (χ2v) is 4.92. The number of aliphatic hydroxyl groups excluding tert-OH is 1. The molecule has 2 atom stereocenters. The SMILES string of the molecule is CCCNC(C)C(O)c1ccc(OC(C)C)cc1. The van der Waals surface area contributed by atoms with E-state index in [9.17, 15) is 5.11 Å². The third-order valence-electron chi connectivity index (χ3n) is 2.78. The number of nitrogens with one attached hydrogen (secondary N) is 1. The Morgan fingerprint density at radius 2 is 1.78 bits per heavy atom. The molecule has 0 aliphatic rings. The van der Waals surface area contributed by atoms with Crippen LogP contribution in [0.25, 0.3) is 0 Å². The van der Waals surface area contributed by atoms with E-state index in [1.807, 2.05) is 45.0 Å². The summed E-state index contributed by atoms with van der Waals surface area (Å²) < 4.78 is 5.58. The molecule has 1 aromatic carbocycles. The van der Waals surface area contributed by atoms with Crippen molar-refractivity contribution in [2.75, 3.05) is 6.54 Å². The second-order valence-electron chi connectivity index (χ2n) is 4.92. The van der Waals surface area contributed by atoms with E-state index >= 15 is 0 Å². The lowest BCUT2D eigenvalue weighted by molar-refractivity contribution is 0.136. The summed E-state index contributed by atoms with van der Waals surface area (Å²) in [6, 6.07) is 7.72. The summed E-state index contributed by atoms with van der Waals surface area (Å²) in [6.45, 7) is 9.04. The Morgan fingerprint density at radius 3 is 2.28 bits per heavy atom. The maximum Gasteiger partial charge on any atom is 0.119 e. The van der Waals surface area contributed by atoms with E-state index in [2.05, 4.69) is 12.2 Å². The highest BCUT2D eigenvalue weighted by atomic mass is 16.5. The molecule has 0 radical (unpaired) electrons. The van der Waals surface area contributed by atoms with Crippen LogP contribution in [0.1, 0.15) is 45.8 Å². The molecular weight excluding hydrogens is 226 g/mol. The van der Waals surface area contributed by atoms with Crippen LogP contribution in [0.15, 0.2) is 24.3 Å². The Balaban J connectivity index is 2.60. The smallest absolute Gasteiger partial charge is 0.119 e. The predicted molar refractivity (Wildman–Crippen MR) is 74.9 cm³/mol. The van der Waals surface area contributed by atoms with Gasteiger partial charge in [-0.25, -0.2) is 0 Å². The van der Waals surface area contributed by atoms with Crippen LogP contribution in [-0.4, -0.2) is 23.8 Å². The first kappa shape index (κ1) is 15.0. The lowest BCUT2D eigenvalue weighted by Crippen LogP contribution is -2.32. The van der Waals surface area contributed by atoms with Crippen molar-refractivity contribution < 1.29 is 9.84 Å². The fourth-order valence-electron chi connectivity index (χ4n) is 1.79. The lowest BCUT2D eigenvalue weighted by atomic mass is 10.0. The van der Waals surface area contributed by atoms with Crippen LogP contribution in [0.2, 0.25) is 0 Å². The van der Waals surface area contributed by atoms with Gasteiger partial charge in [0.2, 0.25) is 0 Å². The van der Waals surface area contributed by atoms with Crippen LogP contribution >= 0.6 is 0 Å². The molecule has 18 heavy (non-hydrogen) atoms. The summed E-state index contributed by atoms with van der Waals surface area (Å²) in [4.78, 5) is 0. The number of aliphatic hydroxyl groups is 1. The zero-order valence-corrected chi connectivity index (χ0v) is 11.8. The van der Waals surface area contributed by atoms with E-state index in [1.165, 1.54) is 0 Å². The van der Waals surface area contributed by atoms with Crippen molar-refractivity contribution in [3.63, 3.8) is 0 Å². The van der Waals surface area contributed by atoms with E-state index < -0.39 is 6.10 Å². The highest BCUT2D eigenvalue weighted by molar-refractivity contribution is 5.29. The molecule has 0 bridgehead atoms. The Labute approximate surface area is 110 Å². The third-order valence-corrected chi connectivity index (χ3v) is 2.78. The van der Waals surface area contributed by atoms with Gasteiger partial charge in [-0.3, -0.25) is 0 Å². The average Bonchev–Trinajstić information content (AvgIpc) is 2.35. The molecule has 3 heteroatoms. The fourth-order valence-corrected chi connectivity index (χ4v) is 1.79. The molecule has 0 spiro atoms. The molecule has 0 aromatic heterocycles. The van der Waals surface area contributed by atoms with Gasteiger partial charge in [-0.1, -0.05) is 19.1 Å². The van der Waals surface area contributed by atoms with E-state index in [4.69, 9.17) is 4.74 Å². The Bertz CT molecular complexity index is 335. The lowest BCUT2D eigenvalue weighted by Gasteiger charge is -2.20. The molecule has 3 nitrogen and oxygen atoms in total. The number of hydrogen-bond acceptors (Lipinski definition) is 3. The first-order valence-electron chi connectivity index (χ1n) is 6.72. The van der Waals surface area contributed by atoms with Crippen LogP contribution in [0.5, 0.6) is 5.75 Å². The number of hydrogen-bond donors (Lipinski definition) is 2. The number of benzene rings is 1. The summed E-state index contributed by atoms with van der Waals surface area (Å²) in [7, 11) is 0. The molecule has 0 saturated heterocycles. The zero-order valence-electron chi connectivity index (χ0n) is 11.8. The van der Waals surface area contributed by atoms with Crippen molar-refractivity contribution in [2.45, 2.75) is 52.4 Å². The van der Waals surface area contributed by atoms with Gasteiger partial charge in [0.05, 0.1) is 12.2 Å². The number of rotatable bonds is 7. The van der Waals surface area contributed by atoms with Gasteiger partial charge in [0.15, 0.2) is 0 Å². The van der Waals surface area contributed by atoms with Crippen molar-refractivity contribution in [1.29, 1.82) is 0 Å². The highest BCUT2D eigenvalue weighted by Crippen LogP contribution is 2.21. The average molecular weight is 251 g/mol.